The van der Waals surface area contributed by atoms with Gasteiger partial charge in [0.1, 0.15) is 17.7 Å². The van der Waals surface area contributed by atoms with Crippen molar-refractivity contribution in [3.63, 3.8) is 0 Å². The highest BCUT2D eigenvalue weighted by Crippen LogP contribution is 2.43. The number of amidine groups is 1. The Morgan fingerprint density at radius 3 is 2.64 bits per heavy atom. The van der Waals surface area contributed by atoms with Gasteiger partial charge in [-0.15, -0.1) is 0 Å². The summed E-state index contributed by atoms with van der Waals surface area (Å²) < 4.78 is 60.9. The highest BCUT2D eigenvalue weighted by atomic mass is 19.3. The Hall–Kier alpha value is -3.24. The van der Waals surface area contributed by atoms with Crippen LogP contribution in [0.5, 0.6) is 5.75 Å². The number of carbonyl (C=O) groups excluding carboxylic acids is 1. The number of alkyl halides is 3. The normalized spacial score (nSPS) is 21.0. The summed E-state index contributed by atoms with van der Waals surface area (Å²) in [6, 6.07) is 1.05. The van der Waals surface area contributed by atoms with Crippen LogP contribution < -0.4 is 15.8 Å². The van der Waals surface area contributed by atoms with Crippen molar-refractivity contribution in [1.29, 1.82) is 0 Å². The van der Waals surface area contributed by atoms with Gasteiger partial charge in [0.25, 0.3) is 11.8 Å². The molecule has 3 rings (SSSR count). The van der Waals surface area contributed by atoms with Crippen LogP contribution in [0.4, 0.5) is 23.2 Å². The molecule has 28 heavy (non-hydrogen) atoms. The standard InChI is InChI=1S/C17H15F4N5O2/c1-28-9-6-23-15(24-7-9)16(27)25-8-2-3-11(18)10(4-8)13-17(20,21)5-12(19)14(22)26-13/h2-4,6-7,12-13H,5H2,1H3,(H2,22,26)(H,25,27). The van der Waals surface area contributed by atoms with E-state index >= 15 is 0 Å². The van der Waals surface area contributed by atoms with Gasteiger partial charge in [-0.25, -0.2) is 27.5 Å². The van der Waals surface area contributed by atoms with Crippen LogP contribution in [0.25, 0.3) is 0 Å². The molecule has 1 amide bonds. The summed E-state index contributed by atoms with van der Waals surface area (Å²) in [6.45, 7) is 0. The Morgan fingerprint density at radius 2 is 2.00 bits per heavy atom. The number of aliphatic imine (C=N–C) groups is 1. The zero-order chi connectivity index (χ0) is 20.5. The van der Waals surface area contributed by atoms with Crippen LogP contribution in [0.1, 0.15) is 28.6 Å². The van der Waals surface area contributed by atoms with Gasteiger partial charge in [0.15, 0.2) is 11.9 Å². The molecule has 1 aliphatic heterocycles. The minimum Gasteiger partial charge on any atom is -0.494 e. The number of nitrogens with zero attached hydrogens (tertiary/aromatic N) is 3. The van der Waals surface area contributed by atoms with E-state index in [0.29, 0.717) is 5.75 Å². The number of aromatic nitrogens is 2. The number of nitrogens with two attached hydrogens (primary N) is 1. The molecule has 7 nitrogen and oxygen atoms in total. The summed E-state index contributed by atoms with van der Waals surface area (Å²) in [5.74, 6) is -5.89. The van der Waals surface area contributed by atoms with Gasteiger partial charge in [0, 0.05) is 11.3 Å². The van der Waals surface area contributed by atoms with Gasteiger partial charge in [-0.05, 0) is 18.2 Å². The number of amides is 1. The number of halogens is 4. The number of rotatable bonds is 4. The molecule has 0 saturated carbocycles. The predicted molar refractivity (Wildman–Crippen MR) is 91.8 cm³/mol. The quantitative estimate of drug-likeness (QED) is 0.773. The van der Waals surface area contributed by atoms with Crippen LogP contribution in [-0.4, -0.2) is 40.9 Å². The lowest BCUT2D eigenvalue weighted by Crippen LogP contribution is -2.41. The van der Waals surface area contributed by atoms with Crippen LogP contribution in [0, 0.1) is 5.82 Å². The first-order chi connectivity index (χ1) is 13.2. The van der Waals surface area contributed by atoms with E-state index < -0.39 is 47.7 Å². The fourth-order valence-corrected chi connectivity index (χ4v) is 2.63. The average Bonchev–Trinajstić information content (AvgIpc) is 2.66. The monoisotopic (exact) mass is 397 g/mol. The second-order valence-corrected chi connectivity index (χ2v) is 6.03. The summed E-state index contributed by atoms with van der Waals surface area (Å²) >= 11 is 0. The van der Waals surface area contributed by atoms with Gasteiger partial charge in [-0.2, -0.15) is 0 Å². The molecule has 11 heteroatoms. The van der Waals surface area contributed by atoms with E-state index in [1.165, 1.54) is 25.6 Å². The number of benzene rings is 1. The van der Waals surface area contributed by atoms with E-state index in [4.69, 9.17) is 10.5 Å². The van der Waals surface area contributed by atoms with Gasteiger partial charge in [-0.3, -0.25) is 9.79 Å². The molecule has 0 aliphatic carbocycles. The van der Waals surface area contributed by atoms with Crippen molar-refractivity contribution in [2.45, 2.75) is 24.6 Å². The third-order valence-corrected chi connectivity index (χ3v) is 4.07. The molecule has 0 saturated heterocycles. The molecule has 2 unspecified atom stereocenters. The summed E-state index contributed by atoms with van der Waals surface area (Å²) in [5.41, 5.74) is 4.81. The van der Waals surface area contributed by atoms with Gasteiger partial charge < -0.3 is 15.8 Å². The number of hydrogen-bond acceptors (Lipinski definition) is 6. The Morgan fingerprint density at radius 1 is 1.32 bits per heavy atom. The fourth-order valence-electron chi connectivity index (χ4n) is 2.63. The van der Waals surface area contributed by atoms with Crippen molar-refractivity contribution in [3.05, 3.63) is 47.8 Å². The SMILES string of the molecule is COc1cnc(C(=O)Nc2ccc(F)c(C3N=C(N)C(F)CC3(F)F)c2)nc1. The van der Waals surface area contributed by atoms with Gasteiger partial charge >= 0.3 is 0 Å². The van der Waals surface area contributed by atoms with E-state index in [2.05, 4.69) is 20.3 Å². The molecule has 1 aliphatic rings. The first kappa shape index (κ1) is 19.5. The molecule has 0 bridgehead atoms. The van der Waals surface area contributed by atoms with Crippen LogP contribution in [0.2, 0.25) is 0 Å². The minimum absolute atomic E-state index is 0.00719. The summed E-state index contributed by atoms with van der Waals surface area (Å²) in [7, 11) is 1.40. The number of hydrogen-bond donors (Lipinski definition) is 2. The van der Waals surface area contributed by atoms with Crippen LogP contribution in [0.3, 0.4) is 0 Å². The molecule has 1 aromatic carbocycles. The number of methoxy groups -OCH3 is 1. The van der Waals surface area contributed by atoms with Crippen molar-refractivity contribution >= 4 is 17.4 Å². The fraction of sp³-hybridized carbons (Fsp3) is 0.294. The molecule has 0 radical (unpaired) electrons. The molecular weight excluding hydrogens is 382 g/mol. The maximum Gasteiger partial charge on any atom is 0.293 e. The van der Waals surface area contributed by atoms with Crippen LogP contribution >= 0.6 is 0 Å². The number of anilines is 1. The van der Waals surface area contributed by atoms with E-state index in [1.54, 1.807) is 0 Å². The largest absolute Gasteiger partial charge is 0.494 e. The second-order valence-electron chi connectivity index (χ2n) is 6.03. The Kier molecular flexibility index (Phi) is 5.16. The Labute approximate surface area is 156 Å². The molecule has 3 N–H and O–H groups in total. The van der Waals surface area contributed by atoms with Crippen molar-refractivity contribution < 1.29 is 27.1 Å². The van der Waals surface area contributed by atoms with Crippen LogP contribution in [-0.2, 0) is 0 Å². The number of ether oxygens (including phenoxy) is 1. The molecule has 2 heterocycles. The van der Waals surface area contributed by atoms with E-state index in [9.17, 15) is 22.4 Å². The highest BCUT2D eigenvalue weighted by Gasteiger charge is 2.48. The zero-order valence-corrected chi connectivity index (χ0v) is 14.5. The Balaban J connectivity index is 1.88. The smallest absolute Gasteiger partial charge is 0.293 e. The third kappa shape index (κ3) is 3.87. The zero-order valence-electron chi connectivity index (χ0n) is 14.5. The average molecular weight is 397 g/mol. The van der Waals surface area contributed by atoms with Gasteiger partial charge in [0.05, 0.1) is 25.9 Å². The predicted octanol–water partition coefficient (Wildman–Crippen LogP) is 2.65. The van der Waals surface area contributed by atoms with Crippen LogP contribution in [0.15, 0.2) is 35.6 Å². The van der Waals surface area contributed by atoms with Gasteiger partial charge in [-0.1, -0.05) is 0 Å². The summed E-state index contributed by atoms with van der Waals surface area (Å²) in [6.07, 6.45) is -0.774. The maximum absolute atomic E-state index is 14.2. The summed E-state index contributed by atoms with van der Waals surface area (Å²) in [4.78, 5) is 23.2. The topological polar surface area (TPSA) is 102 Å². The summed E-state index contributed by atoms with van der Waals surface area (Å²) in [5, 5.41) is 2.38. The third-order valence-electron chi connectivity index (χ3n) is 4.07. The van der Waals surface area contributed by atoms with Crippen molar-refractivity contribution in [3.8, 4) is 5.75 Å². The molecule has 2 aromatic rings. The van der Waals surface area contributed by atoms with E-state index in [0.717, 1.165) is 12.1 Å². The molecule has 2 atom stereocenters. The molecule has 0 fully saturated rings. The lowest BCUT2D eigenvalue weighted by Gasteiger charge is -2.30. The number of carbonyl (C=O) groups is 1. The first-order valence-electron chi connectivity index (χ1n) is 8.03. The molecule has 148 valence electrons. The van der Waals surface area contributed by atoms with Crippen molar-refractivity contribution in [2.75, 3.05) is 12.4 Å². The second kappa shape index (κ2) is 7.41. The van der Waals surface area contributed by atoms with E-state index in [-0.39, 0.29) is 11.5 Å². The number of nitrogens with one attached hydrogen (secondary N) is 1. The highest BCUT2D eigenvalue weighted by molar-refractivity contribution is 6.01. The lowest BCUT2D eigenvalue weighted by molar-refractivity contribution is -0.0511. The van der Waals surface area contributed by atoms with Crippen molar-refractivity contribution in [2.24, 2.45) is 10.7 Å². The van der Waals surface area contributed by atoms with Crippen molar-refractivity contribution in [1.82, 2.24) is 9.97 Å². The minimum atomic E-state index is -3.65. The van der Waals surface area contributed by atoms with E-state index in [1.807, 2.05) is 0 Å². The first-order valence-corrected chi connectivity index (χ1v) is 8.03. The van der Waals surface area contributed by atoms with Gasteiger partial charge in [0.2, 0.25) is 5.82 Å². The molecular formula is C17H15F4N5O2. The molecule has 0 spiro atoms. The Bertz CT molecular complexity index is 920. The lowest BCUT2D eigenvalue weighted by atomic mass is 9.93. The maximum atomic E-state index is 14.2. The molecule has 1 aromatic heterocycles.